The SMILES string of the molecule is CC(C)O/N=C(/C(=O)N[C@@H]1C(=O)N2C(C(=O)[O-])=C(C[n+]3ccn4ccccc43)CS[C@H]12)c1csc(N)n1. The quantitative estimate of drug-likeness (QED) is 0.167. The summed E-state index contributed by atoms with van der Waals surface area (Å²) in [6, 6.07) is 4.75. The highest BCUT2D eigenvalue weighted by Gasteiger charge is 2.53. The molecule has 5 rings (SSSR count). The van der Waals surface area contributed by atoms with Gasteiger partial charge in [0.15, 0.2) is 10.8 Å². The average molecular weight is 542 g/mol. The molecular formula is C23H23N7O5S2. The summed E-state index contributed by atoms with van der Waals surface area (Å²) < 4.78 is 3.82. The molecule has 3 aromatic heterocycles. The maximum atomic E-state index is 13.1. The standard InChI is InChI=1S/C23H23N7O5S2/c1-12(2)35-27-16(14-11-37-23(24)25-14)19(31)26-17-20(32)30-18(22(33)34)13(10-36-21(17)30)9-29-8-7-28-6-4-3-5-15(28)29/h3-8,11-12,17,21H,9-10H2,1-2H3,(H3-,24,25,26,31,33,34)/b27-16+/t17-,21-/m1/s1. The zero-order chi connectivity index (χ0) is 26.3. The van der Waals surface area contributed by atoms with Crippen LogP contribution in [0.3, 0.4) is 0 Å². The predicted molar refractivity (Wildman–Crippen MR) is 134 cm³/mol. The number of β-lactam (4-membered cyclic amide) rings is 1. The van der Waals surface area contributed by atoms with Crippen LogP contribution in [0.25, 0.3) is 5.65 Å². The normalized spacial score (nSPS) is 19.7. The van der Waals surface area contributed by atoms with Crippen molar-refractivity contribution in [3.63, 3.8) is 0 Å². The number of fused-ring (bicyclic) bond motifs is 2. The fourth-order valence-electron chi connectivity index (χ4n) is 4.15. The van der Waals surface area contributed by atoms with E-state index in [2.05, 4.69) is 15.5 Å². The van der Waals surface area contributed by atoms with Crippen LogP contribution in [-0.2, 0) is 25.8 Å². The van der Waals surface area contributed by atoms with Crippen LogP contribution in [0.1, 0.15) is 19.5 Å². The zero-order valence-electron chi connectivity index (χ0n) is 19.9. The van der Waals surface area contributed by atoms with Crippen molar-refractivity contribution in [3.8, 4) is 0 Å². The van der Waals surface area contributed by atoms with Crippen LogP contribution in [0.15, 0.2) is 58.6 Å². The minimum atomic E-state index is -1.44. The second-order valence-electron chi connectivity index (χ2n) is 8.66. The lowest BCUT2D eigenvalue weighted by atomic mass is 10.0. The smallest absolute Gasteiger partial charge is 0.286 e. The summed E-state index contributed by atoms with van der Waals surface area (Å²) in [5.74, 6) is -2.31. The monoisotopic (exact) mass is 541 g/mol. The number of nitrogens with zero attached hydrogens (tertiary/aromatic N) is 5. The van der Waals surface area contributed by atoms with Crippen LogP contribution < -0.4 is 20.7 Å². The van der Waals surface area contributed by atoms with Crippen molar-refractivity contribution in [3.05, 3.63) is 59.1 Å². The Labute approximate surface area is 219 Å². The molecule has 3 N–H and O–H groups in total. The maximum Gasteiger partial charge on any atom is 0.286 e. The summed E-state index contributed by atoms with van der Waals surface area (Å²) in [5, 5.41) is 19.9. The minimum absolute atomic E-state index is 0.123. The topological polar surface area (TPSA) is 158 Å². The molecule has 1 fully saturated rings. The van der Waals surface area contributed by atoms with E-state index < -0.39 is 29.2 Å². The highest BCUT2D eigenvalue weighted by molar-refractivity contribution is 8.00. The third-order valence-electron chi connectivity index (χ3n) is 5.79. The van der Waals surface area contributed by atoms with Crippen LogP contribution in [0, 0.1) is 0 Å². The third kappa shape index (κ3) is 4.64. The van der Waals surface area contributed by atoms with Gasteiger partial charge < -0.3 is 25.8 Å². The van der Waals surface area contributed by atoms with E-state index >= 15 is 0 Å². The van der Waals surface area contributed by atoms with E-state index in [0.29, 0.717) is 11.3 Å². The van der Waals surface area contributed by atoms with Gasteiger partial charge in [0.1, 0.15) is 42.2 Å². The maximum absolute atomic E-state index is 13.1. The summed E-state index contributed by atoms with van der Waals surface area (Å²) in [6.45, 7) is 3.78. The Bertz CT molecular complexity index is 1460. The van der Waals surface area contributed by atoms with Gasteiger partial charge >= 0.3 is 0 Å². The van der Waals surface area contributed by atoms with Crippen molar-refractivity contribution in [2.45, 2.75) is 37.9 Å². The van der Waals surface area contributed by atoms with Crippen LogP contribution in [0.4, 0.5) is 5.13 Å². The number of hydrogen-bond donors (Lipinski definition) is 2. The van der Waals surface area contributed by atoms with E-state index in [-0.39, 0.29) is 34.9 Å². The predicted octanol–water partition coefficient (Wildman–Crippen LogP) is -0.501. The van der Waals surface area contributed by atoms with Gasteiger partial charge in [-0.2, -0.15) is 0 Å². The average Bonchev–Trinajstić information content (AvgIpc) is 3.48. The number of pyridine rings is 1. The van der Waals surface area contributed by atoms with Gasteiger partial charge in [0.25, 0.3) is 17.5 Å². The molecule has 0 aromatic carbocycles. The molecular weight excluding hydrogens is 518 g/mol. The number of imidazole rings is 1. The molecule has 2 atom stereocenters. The number of oxime groups is 1. The first-order valence-electron chi connectivity index (χ1n) is 11.3. The number of thioether (sulfide) groups is 1. The number of carbonyl (C=O) groups excluding carboxylic acids is 3. The number of aromatic nitrogens is 3. The van der Waals surface area contributed by atoms with Crippen molar-refractivity contribution in [1.82, 2.24) is 19.6 Å². The van der Waals surface area contributed by atoms with E-state index in [9.17, 15) is 19.5 Å². The summed E-state index contributed by atoms with van der Waals surface area (Å²) in [6.07, 6.45) is 5.31. The summed E-state index contributed by atoms with van der Waals surface area (Å²) in [4.78, 5) is 48.8. The van der Waals surface area contributed by atoms with Gasteiger partial charge in [0.05, 0.1) is 17.9 Å². The number of nitrogen functional groups attached to an aromatic ring is 1. The zero-order valence-corrected chi connectivity index (χ0v) is 21.5. The second-order valence-corrected chi connectivity index (χ2v) is 10.7. The number of rotatable bonds is 8. The first kappa shape index (κ1) is 24.8. The lowest BCUT2D eigenvalue weighted by molar-refractivity contribution is -0.662. The number of aliphatic carboxylic acids is 1. The molecule has 0 aliphatic carbocycles. The molecule has 14 heteroatoms. The molecule has 2 aliphatic heterocycles. The Kier molecular flexibility index (Phi) is 6.60. The molecule has 1 saturated heterocycles. The second kappa shape index (κ2) is 9.86. The highest BCUT2D eigenvalue weighted by atomic mass is 32.2. The van der Waals surface area contributed by atoms with Crippen molar-refractivity contribution in [2.24, 2.45) is 5.16 Å². The molecule has 0 spiro atoms. The first-order valence-corrected chi connectivity index (χ1v) is 13.3. The Hall–Kier alpha value is -3.91. The third-order valence-corrected chi connectivity index (χ3v) is 7.81. The molecule has 0 radical (unpaired) electrons. The van der Waals surface area contributed by atoms with E-state index in [0.717, 1.165) is 17.0 Å². The Morgan fingerprint density at radius 3 is 2.89 bits per heavy atom. The van der Waals surface area contributed by atoms with E-state index in [1.54, 1.807) is 19.2 Å². The molecule has 0 bridgehead atoms. The summed E-state index contributed by atoms with van der Waals surface area (Å²) in [5.41, 5.74) is 7.06. The van der Waals surface area contributed by atoms with Gasteiger partial charge in [-0.25, -0.2) is 14.0 Å². The number of nitrogens with two attached hydrogens (primary N) is 1. The number of amides is 2. The highest BCUT2D eigenvalue weighted by Crippen LogP contribution is 2.40. The Balaban J connectivity index is 1.37. The molecule has 5 heterocycles. The van der Waals surface area contributed by atoms with Gasteiger partial charge in [-0.05, 0) is 19.9 Å². The molecule has 0 unspecified atom stereocenters. The van der Waals surface area contributed by atoms with Crippen LogP contribution in [-0.4, -0.2) is 61.1 Å². The number of carboxylic acids is 1. The van der Waals surface area contributed by atoms with E-state index in [1.807, 2.05) is 45.8 Å². The van der Waals surface area contributed by atoms with Gasteiger partial charge in [-0.1, -0.05) is 11.2 Å². The first-order chi connectivity index (χ1) is 17.7. The number of carboxylic acid groups (broad SMARTS) is 1. The molecule has 2 aliphatic rings. The van der Waals surface area contributed by atoms with Crippen molar-refractivity contribution in [1.29, 1.82) is 0 Å². The Morgan fingerprint density at radius 2 is 2.19 bits per heavy atom. The summed E-state index contributed by atoms with van der Waals surface area (Å²) >= 11 is 2.51. The Morgan fingerprint density at radius 1 is 1.38 bits per heavy atom. The number of thiazole rings is 1. The van der Waals surface area contributed by atoms with Crippen LogP contribution >= 0.6 is 23.1 Å². The van der Waals surface area contributed by atoms with E-state index in [1.165, 1.54) is 16.7 Å². The fourth-order valence-corrected chi connectivity index (χ4v) is 6.03. The number of hydrogen-bond acceptors (Lipinski definition) is 10. The van der Waals surface area contributed by atoms with Crippen molar-refractivity contribution in [2.75, 3.05) is 11.5 Å². The number of anilines is 1. The van der Waals surface area contributed by atoms with Crippen molar-refractivity contribution >= 4 is 57.4 Å². The van der Waals surface area contributed by atoms with Crippen molar-refractivity contribution < 1.29 is 28.9 Å². The van der Waals surface area contributed by atoms with Gasteiger partial charge in [0, 0.05) is 22.8 Å². The molecule has 192 valence electrons. The van der Waals surface area contributed by atoms with Crippen LogP contribution in [0.2, 0.25) is 0 Å². The van der Waals surface area contributed by atoms with Gasteiger partial charge in [0.2, 0.25) is 0 Å². The van der Waals surface area contributed by atoms with Gasteiger partial charge in [-0.15, -0.1) is 23.1 Å². The molecule has 0 saturated carbocycles. The number of nitrogens with one attached hydrogen (secondary N) is 1. The minimum Gasteiger partial charge on any atom is -0.543 e. The van der Waals surface area contributed by atoms with Gasteiger partial charge in [-0.3, -0.25) is 14.5 Å². The molecule has 2 amide bonds. The fraction of sp³-hybridized carbons (Fsp3) is 0.304. The number of carbonyl (C=O) groups is 3. The molecule has 12 nitrogen and oxygen atoms in total. The largest absolute Gasteiger partial charge is 0.543 e. The lowest BCUT2D eigenvalue weighted by Crippen LogP contribution is -2.71. The van der Waals surface area contributed by atoms with Crippen LogP contribution in [0.5, 0.6) is 0 Å². The molecule has 3 aromatic rings. The van der Waals surface area contributed by atoms with E-state index in [4.69, 9.17) is 10.6 Å². The lowest BCUT2D eigenvalue weighted by Gasteiger charge is -2.50. The molecule has 37 heavy (non-hydrogen) atoms. The summed E-state index contributed by atoms with van der Waals surface area (Å²) in [7, 11) is 0.